The van der Waals surface area contributed by atoms with E-state index in [1.54, 1.807) is 6.20 Å². The van der Waals surface area contributed by atoms with E-state index in [0.29, 0.717) is 0 Å². The van der Waals surface area contributed by atoms with E-state index in [1.807, 2.05) is 10.9 Å². The molecular formula is C11H16N4. The largest absolute Gasteiger partial charge is 0.349 e. The molecule has 80 valence electrons. The van der Waals surface area contributed by atoms with Crippen molar-refractivity contribution in [3.05, 3.63) is 35.9 Å². The summed E-state index contributed by atoms with van der Waals surface area (Å²) in [5, 5.41) is 7.72. The molecule has 2 aromatic heterocycles. The standard InChI is InChI=1S/C11H16N4/c1-10-4-5-11(2)15(10)8-3-7-14-9-6-12-13-14/h4-6,9H,3,7-8H2,1-2H3. The van der Waals surface area contributed by atoms with Gasteiger partial charge in [0.15, 0.2) is 0 Å². The summed E-state index contributed by atoms with van der Waals surface area (Å²) < 4.78 is 4.20. The third-order valence-corrected chi connectivity index (χ3v) is 2.66. The molecule has 0 spiro atoms. The van der Waals surface area contributed by atoms with Crippen LogP contribution < -0.4 is 0 Å². The molecule has 0 atom stereocenters. The van der Waals surface area contributed by atoms with Crippen LogP contribution in [0, 0.1) is 13.8 Å². The van der Waals surface area contributed by atoms with Gasteiger partial charge in [0.25, 0.3) is 0 Å². The summed E-state index contributed by atoms with van der Waals surface area (Å²) >= 11 is 0. The molecule has 2 aromatic rings. The first-order valence-corrected chi connectivity index (χ1v) is 5.24. The van der Waals surface area contributed by atoms with Gasteiger partial charge in [0.1, 0.15) is 0 Å². The van der Waals surface area contributed by atoms with Gasteiger partial charge in [-0.2, -0.15) is 0 Å². The van der Waals surface area contributed by atoms with E-state index in [4.69, 9.17) is 0 Å². The topological polar surface area (TPSA) is 35.6 Å². The van der Waals surface area contributed by atoms with Crippen LogP contribution in [-0.2, 0) is 13.1 Å². The maximum atomic E-state index is 3.94. The Bertz CT molecular complexity index is 394. The lowest BCUT2D eigenvalue weighted by Gasteiger charge is -2.08. The first kappa shape index (κ1) is 9.96. The summed E-state index contributed by atoms with van der Waals surface area (Å²) in [6.07, 6.45) is 4.70. The van der Waals surface area contributed by atoms with Crippen LogP contribution in [-0.4, -0.2) is 19.6 Å². The fourth-order valence-corrected chi connectivity index (χ4v) is 1.79. The van der Waals surface area contributed by atoms with Crippen LogP contribution in [0.1, 0.15) is 17.8 Å². The molecule has 0 aliphatic carbocycles. The lowest BCUT2D eigenvalue weighted by molar-refractivity contribution is 0.507. The van der Waals surface area contributed by atoms with Crippen LogP contribution in [0.2, 0.25) is 0 Å². The van der Waals surface area contributed by atoms with Crippen LogP contribution in [0.3, 0.4) is 0 Å². The van der Waals surface area contributed by atoms with Crippen molar-refractivity contribution >= 4 is 0 Å². The Labute approximate surface area is 89.5 Å². The van der Waals surface area contributed by atoms with Gasteiger partial charge in [-0.1, -0.05) is 5.21 Å². The van der Waals surface area contributed by atoms with Gasteiger partial charge in [0.05, 0.1) is 6.20 Å². The second-order valence-electron chi connectivity index (χ2n) is 3.79. The van der Waals surface area contributed by atoms with Gasteiger partial charge in [-0.05, 0) is 32.4 Å². The third kappa shape index (κ3) is 2.26. The number of hydrogen-bond acceptors (Lipinski definition) is 2. The molecule has 0 aliphatic heterocycles. The summed E-state index contributed by atoms with van der Waals surface area (Å²) in [6.45, 7) is 6.26. The highest BCUT2D eigenvalue weighted by Crippen LogP contribution is 2.08. The zero-order valence-electron chi connectivity index (χ0n) is 9.22. The minimum absolute atomic E-state index is 0.928. The Kier molecular flexibility index (Phi) is 2.85. The first-order chi connectivity index (χ1) is 7.27. The normalized spacial score (nSPS) is 10.8. The summed E-state index contributed by atoms with van der Waals surface area (Å²) in [7, 11) is 0. The average molecular weight is 204 g/mol. The molecular weight excluding hydrogens is 188 g/mol. The highest BCUT2D eigenvalue weighted by molar-refractivity contribution is 5.13. The van der Waals surface area contributed by atoms with Crippen LogP contribution >= 0.6 is 0 Å². The van der Waals surface area contributed by atoms with Gasteiger partial charge in [-0.15, -0.1) is 5.10 Å². The third-order valence-electron chi connectivity index (χ3n) is 2.66. The van der Waals surface area contributed by atoms with Gasteiger partial charge in [0.2, 0.25) is 0 Å². The molecule has 0 N–H and O–H groups in total. The Morgan fingerprint density at radius 2 is 1.87 bits per heavy atom. The van der Waals surface area contributed by atoms with Crippen LogP contribution in [0.5, 0.6) is 0 Å². The summed E-state index contributed by atoms with van der Waals surface area (Å²) in [4.78, 5) is 0. The van der Waals surface area contributed by atoms with Gasteiger partial charge in [-0.3, -0.25) is 4.68 Å². The van der Waals surface area contributed by atoms with Crippen LogP contribution in [0.4, 0.5) is 0 Å². The molecule has 0 radical (unpaired) electrons. The molecule has 4 nitrogen and oxygen atoms in total. The molecule has 0 unspecified atom stereocenters. The van der Waals surface area contributed by atoms with Crippen molar-refractivity contribution in [2.45, 2.75) is 33.4 Å². The van der Waals surface area contributed by atoms with Gasteiger partial charge < -0.3 is 4.57 Å². The van der Waals surface area contributed by atoms with Crippen molar-refractivity contribution in [1.29, 1.82) is 0 Å². The van der Waals surface area contributed by atoms with E-state index in [0.717, 1.165) is 19.5 Å². The number of hydrogen-bond donors (Lipinski definition) is 0. The van der Waals surface area contributed by atoms with E-state index in [9.17, 15) is 0 Å². The van der Waals surface area contributed by atoms with E-state index >= 15 is 0 Å². The van der Waals surface area contributed by atoms with Crippen molar-refractivity contribution < 1.29 is 0 Å². The van der Waals surface area contributed by atoms with E-state index in [1.165, 1.54) is 11.4 Å². The van der Waals surface area contributed by atoms with Gasteiger partial charge in [0, 0.05) is 30.7 Å². The highest BCUT2D eigenvalue weighted by Gasteiger charge is 2.00. The average Bonchev–Trinajstić information content (AvgIpc) is 2.82. The highest BCUT2D eigenvalue weighted by atomic mass is 15.4. The maximum Gasteiger partial charge on any atom is 0.0692 e. The molecule has 0 amide bonds. The molecule has 4 heteroatoms. The Morgan fingerprint density at radius 3 is 2.47 bits per heavy atom. The van der Waals surface area contributed by atoms with Crippen molar-refractivity contribution in [2.24, 2.45) is 0 Å². The zero-order valence-corrected chi connectivity index (χ0v) is 9.22. The maximum absolute atomic E-state index is 3.94. The van der Waals surface area contributed by atoms with Crippen LogP contribution in [0.25, 0.3) is 0 Å². The minimum atomic E-state index is 0.928. The Morgan fingerprint density at radius 1 is 1.13 bits per heavy atom. The molecule has 0 aliphatic rings. The molecule has 0 bridgehead atoms. The molecule has 0 fully saturated rings. The Hall–Kier alpha value is -1.58. The van der Waals surface area contributed by atoms with E-state index < -0.39 is 0 Å². The summed E-state index contributed by atoms with van der Waals surface area (Å²) in [5.41, 5.74) is 2.65. The lowest BCUT2D eigenvalue weighted by atomic mass is 10.4. The van der Waals surface area contributed by atoms with E-state index in [2.05, 4.69) is 40.9 Å². The predicted octanol–water partition coefficient (Wildman–Crippen LogP) is 1.79. The molecule has 15 heavy (non-hydrogen) atoms. The van der Waals surface area contributed by atoms with Gasteiger partial charge >= 0.3 is 0 Å². The van der Waals surface area contributed by atoms with Crippen molar-refractivity contribution in [3.63, 3.8) is 0 Å². The summed E-state index contributed by atoms with van der Waals surface area (Å²) in [5.74, 6) is 0. The quantitative estimate of drug-likeness (QED) is 0.761. The van der Waals surface area contributed by atoms with Crippen LogP contribution in [0.15, 0.2) is 24.5 Å². The monoisotopic (exact) mass is 204 g/mol. The van der Waals surface area contributed by atoms with Crippen molar-refractivity contribution in [2.75, 3.05) is 0 Å². The number of rotatable bonds is 4. The SMILES string of the molecule is Cc1ccc(C)n1CCCn1ccnn1. The molecule has 0 saturated carbocycles. The minimum Gasteiger partial charge on any atom is -0.349 e. The Balaban J connectivity index is 1.89. The fourth-order valence-electron chi connectivity index (χ4n) is 1.79. The second kappa shape index (κ2) is 4.29. The number of aryl methyl sites for hydroxylation is 3. The molecule has 2 heterocycles. The number of nitrogens with zero attached hydrogens (tertiary/aromatic N) is 4. The predicted molar refractivity (Wildman–Crippen MR) is 58.5 cm³/mol. The smallest absolute Gasteiger partial charge is 0.0692 e. The summed E-state index contributed by atoms with van der Waals surface area (Å²) in [6, 6.07) is 4.32. The fraction of sp³-hybridized carbons (Fsp3) is 0.455. The lowest BCUT2D eigenvalue weighted by Crippen LogP contribution is -2.06. The second-order valence-corrected chi connectivity index (χ2v) is 3.79. The van der Waals surface area contributed by atoms with E-state index in [-0.39, 0.29) is 0 Å². The zero-order chi connectivity index (χ0) is 10.7. The van der Waals surface area contributed by atoms with Crippen molar-refractivity contribution in [3.8, 4) is 0 Å². The molecule has 0 saturated heterocycles. The van der Waals surface area contributed by atoms with Gasteiger partial charge in [-0.25, -0.2) is 0 Å². The van der Waals surface area contributed by atoms with Crippen molar-refractivity contribution in [1.82, 2.24) is 19.6 Å². The first-order valence-electron chi connectivity index (χ1n) is 5.24. The number of aromatic nitrogens is 4. The molecule has 0 aromatic carbocycles. The molecule has 2 rings (SSSR count).